The number of hydrogen-bond donors (Lipinski definition) is 0. The van der Waals surface area contributed by atoms with E-state index in [1.165, 1.54) is 12.1 Å². The molecule has 0 saturated carbocycles. The van der Waals surface area contributed by atoms with E-state index in [-0.39, 0.29) is 11.7 Å². The van der Waals surface area contributed by atoms with Crippen LogP contribution in [0.3, 0.4) is 0 Å². The summed E-state index contributed by atoms with van der Waals surface area (Å²) < 4.78 is 13.0. The van der Waals surface area contributed by atoms with Crippen molar-refractivity contribution in [1.29, 1.82) is 0 Å². The maximum Gasteiger partial charge on any atom is 0.259 e. The number of fused-ring (bicyclic) bond motifs is 1. The lowest BCUT2D eigenvalue weighted by molar-refractivity contribution is -0.113. The molecule has 1 aliphatic heterocycles. The van der Waals surface area contributed by atoms with Gasteiger partial charge in [0.05, 0.1) is 5.69 Å². The Bertz CT molecular complexity index is 731. The Kier molecular flexibility index (Phi) is 3.80. The van der Waals surface area contributed by atoms with Crippen molar-refractivity contribution in [3.63, 3.8) is 0 Å². The minimum absolute atomic E-state index is 0.0132. The fraction of sp³-hybridized carbons (Fsp3) is 0.211. The molecule has 2 aromatic rings. The predicted molar refractivity (Wildman–Crippen MR) is 87.9 cm³/mol. The van der Waals surface area contributed by atoms with Crippen molar-refractivity contribution in [3.05, 3.63) is 65.5 Å². The van der Waals surface area contributed by atoms with Gasteiger partial charge in [-0.15, -0.1) is 0 Å². The molecular formula is C19H18FNO. The highest BCUT2D eigenvalue weighted by atomic mass is 19.1. The fourth-order valence-electron chi connectivity index (χ4n) is 2.72. The zero-order chi connectivity index (χ0) is 15.7. The molecule has 0 unspecified atom stereocenters. The number of benzene rings is 2. The third-order valence-corrected chi connectivity index (χ3v) is 3.69. The minimum Gasteiger partial charge on any atom is -0.307 e. The molecule has 0 radical (unpaired) electrons. The van der Waals surface area contributed by atoms with Crippen LogP contribution in [0.2, 0.25) is 0 Å². The van der Waals surface area contributed by atoms with E-state index in [9.17, 15) is 9.18 Å². The highest BCUT2D eigenvalue weighted by Gasteiger charge is 2.32. The second kappa shape index (κ2) is 5.76. The first kappa shape index (κ1) is 14.5. The number of para-hydroxylation sites is 1. The SMILES string of the molecule is CC(C)CN1C(=O)/C(=C\c2ccc(F)cc2)c2ccccc21. The Labute approximate surface area is 129 Å². The van der Waals surface area contributed by atoms with Crippen LogP contribution in [0.4, 0.5) is 10.1 Å². The molecule has 1 aliphatic rings. The van der Waals surface area contributed by atoms with Gasteiger partial charge in [-0.05, 0) is 35.8 Å². The summed E-state index contributed by atoms with van der Waals surface area (Å²) in [7, 11) is 0. The molecule has 0 aromatic heterocycles. The lowest BCUT2D eigenvalue weighted by Crippen LogP contribution is -2.30. The summed E-state index contributed by atoms with van der Waals surface area (Å²) in [5, 5.41) is 0. The van der Waals surface area contributed by atoms with Gasteiger partial charge in [-0.25, -0.2) is 4.39 Å². The molecule has 0 N–H and O–H groups in total. The molecule has 22 heavy (non-hydrogen) atoms. The number of nitrogens with zero attached hydrogens (tertiary/aromatic N) is 1. The van der Waals surface area contributed by atoms with Crippen molar-refractivity contribution in [2.24, 2.45) is 5.92 Å². The van der Waals surface area contributed by atoms with E-state index in [0.717, 1.165) is 16.8 Å². The van der Waals surface area contributed by atoms with Crippen LogP contribution in [0.5, 0.6) is 0 Å². The highest BCUT2D eigenvalue weighted by Crippen LogP contribution is 2.37. The Balaban J connectivity index is 2.05. The maximum absolute atomic E-state index is 13.0. The van der Waals surface area contributed by atoms with Gasteiger partial charge in [0, 0.05) is 17.7 Å². The smallest absolute Gasteiger partial charge is 0.259 e. The lowest BCUT2D eigenvalue weighted by atomic mass is 10.0. The molecule has 1 heterocycles. The molecular weight excluding hydrogens is 277 g/mol. The van der Waals surface area contributed by atoms with Crippen molar-refractivity contribution < 1.29 is 9.18 Å². The van der Waals surface area contributed by atoms with Gasteiger partial charge in [-0.2, -0.15) is 0 Å². The van der Waals surface area contributed by atoms with Crippen molar-refractivity contribution >= 4 is 23.2 Å². The monoisotopic (exact) mass is 295 g/mol. The van der Waals surface area contributed by atoms with Crippen molar-refractivity contribution in [1.82, 2.24) is 0 Å². The van der Waals surface area contributed by atoms with Crippen LogP contribution in [0.15, 0.2) is 48.5 Å². The molecule has 0 atom stereocenters. The average Bonchev–Trinajstić information content (AvgIpc) is 2.75. The normalized spacial score (nSPS) is 15.7. The molecule has 0 fully saturated rings. The number of carbonyl (C=O) groups is 1. The standard InChI is InChI=1S/C19H18FNO/c1-13(2)12-21-18-6-4-3-5-16(18)17(19(21)22)11-14-7-9-15(20)10-8-14/h3-11,13H,12H2,1-2H3/b17-11-. The van der Waals surface area contributed by atoms with Gasteiger partial charge in [0.15, 0.2) is 0 Å². The number of halogens is 1. The minimum atomic E-state index is -0.276. The second-order valence-corrected chi connectivity index (χ2v) is 5.94. The summed E-state index contributed by atoms with van der Waals surface area (Å²) in [5.74, 6) is 0.128. The Morgan fingerprint density at radius 3 is 2.45 bits per heavy atom. The first-order valence-corrected chi connectivity index (χ1v) is 7.45. The Hall–Kier alpha value is -2.42. The lowest BCUT2D eigenvalue weighted by Gasteiger charge is -2.19. The van der Waals surface area contributed by atoms with Crippen LogP contribution in [0.1, 0.15) is 25.0 Å². The quantitative estimate of drug-likeness (QED) is 0.770. The van der Waals surface area contributed by atoms with Crippen molar-refractivity contribution in [3.8, 4) is 0 Å². The molecule has 3 heteroatoms. The van der Waals surface area contributed by atoms with Crippen LogP contribution in [-0.2, 0) is 4.79 Å². The van der Waals surface area contributed by atoms with Crippen molar-refractivity contribution in [2.45, 2.75) is 13.8 Å². The van der Waals surface area contributed by atoms with E-state index in [1.54, 1.807) is 12.1 Å². The molecule has 0 saturated heterocycles. The summed E-state index contributed by atoms with van der Waals surface area (Å²) in [6.45, 7) is 4.88. The summed E-state index contributed by atoms with van der Waals surface area (Å²) in [6.07, 6.45) is 1.83. The van der Waals surface area contributed by atoms with Gasteiger partial charge in [-0.1, -0.05) is 44.2 Å². The summed E-state index contributed by atoms with van der Waals surface area (Å²) in [4.78, 5) is 14.6. The van der Waals surface area contributed by atoms with E-state index < -0.39 is 0 Å². The zero-order valence-corrected chi connectivity index (χ0v) is 12.7. The summed E-state index contributed by atoms with van der Waals surface area (Å²) >= 11 is 0. The Morgan fingerprint density at radius 1 is 1.09 bits per heavy atom. The van der Waals surface area contributed by atoms with Crippen LogP contribution >= 0.6 is 0 Å². The molecule has 112 valence electrons. The van der Waals surface area contributed by atoms with Gasteiger partial charge >= 0.3 is 0 Å². The first-order valence-electron chi connectivity index (χ1n) is 7.45. The third-order valence-electron chi connectivity index (χ3n) is 3.69. The van der Waals surface area contributed by atoms with Gasteiger partial charge < -0.3 is 4.90 Å². The summed E-state index contributed by atoms with van der Waals surface area (Å²) in [6, 6.07) is 14.0. The molecule has 2 aromatic carbocycles. The van der Waals surface area contributed by atoms with Crippen LogP contribution < -0.4 is 4.90 Å². The third kappa shape index (κ3) is 2.67. The van der Waals surface area contributed by atoms with Crippen LogP contribution in [0.25, 0.3) is 11.6 Å². The predicted octanol–water partition coefficient (Wildman–Crippen LogP) is 4.37. The zero-order valence-electron chi connectivity index (χ0n) is 12.7. The van der Waals surface area contributed by atoms with Crippen molar-refractivity contribution in [2.75, 3.05) is 11.4 Å². The van der Waals surface area contributed by atoms with E-state index in [1.807, 2.05) is 35.2 Å². The largest absolute Gasteiger partial charge is 0.307 e. The van der Waals surface area contributed by atoms with Gasteiger partial charge in [0.25, 0.3) is 5.91 Å². The van der Waals surface area contributed by atoms with Crippen LogP contribution in [-0.4, -0.2) is 12.5 Å². The second-order valence-electron chi connectivity index (χ2n) is 5.94. The highest BCUT2D eigenvalue weighted by molar-refractivity contribution is 6.35. The van der Waals surface area contributed by atoms with E-state index in [0.29, 0.717) is 18.0 Å². The fourth-order valence-corrected chi connectivity index (χ4v) is 2.72. The number of carbonyl (C=O) groups excluding carboxylic acids is 1. The topological polar surface area (TPSA) is 20.3 Å². The number of hydrogen-bond acceptors (Lipinski definition) is 1. The molecule has 2 nitrogen and oxygen atoms in total. The van der Waals surface area contributed by atoms with Gasteiger partial charge in [-0.3, -0.25) is 4.79 Å². The maximum atomic E-state index is 13.0. The molecule has 3 rings (SSSR count). The molecule has 0 spiro atoms. The summed E-state index contributed by atoms with van der Waals surface area (Å²) in [5.41, 5.74) is 3.39. The average molecular weight is 295 g/mol. The van der Waals surface area contributed by atoms with Gasteiger partial charge in [0.2, 0.25) is 0 Å². The Morgan fingerprint density at radius 2 is 1.77 bits per heavy atom. The number of rotatable bonds is 3. The number of anilines is 1. The van der Waals surface area contributed by atoms with Gasteiger partial charge in [0.1, 0.15) is 5.82 Å². The molecule has 0 aliphatic carbocycles. The van der Waals surface area contributed by atoms with E-state index in [4.69, 9.17) is 0 Å². The first-order chi connectivity index (χ1) is 10.6. The molecule has 1 amide bonds. The number of amides is 1. The van der Waals surface area contributed by atoms with Crippen LogP contribution in [0, 0.1) is 11.7 Å². The van der Waals surface area contributed by atoms with E-state index >= 15 is 0 Å². The molecule has 0 bridgehead atoms. The van der Waals surface area contributed by atoms with E-state index in [2.05, 4.69) is 13.8 Å².